The molecule has 1 aliphatic heterocycles. The third-order valence-corrected chi connectivity index (χ3v) is 5.08. The Morgan fingerprint density at radius 1 is 1.15 bits per heavy atom. The molecule has 1 fully saturated rings. The van der Waals surface area contributed by atoms with E-state index in [2.05, 4.69) is 39.8 Å². The van der Waals surface area contributed by atoms with Gasteiger partial charge in [0, 0.05) is 45.8 Å². The summed E-state index contributed by atoms with van der Waals surface area (Å²) in [4.78, 5) is 21.2. The Bertz CT molecular complexity index is 733. The molecule has 1 saturated heterocycles. The first kappa shape index (κ1) is 29.4. The number of halogens is 1. The Hall–Kier alpha value is -1.59. The highest BCUT2D eigenvalue weighted by Gasteiger charge is 2.20. The second-order valence-electron chi connectivity index (χ2n) is 8.84. The van der Waals surface area contributed by atoms with Crippen LogP contribution in [0.5, 0.6) is 0 Å². The van der Waals surface area contributed by atoms with Gasteiger partial charge in [-0.1, -0.05) is 24.3 Å². The molecule has 0 radical (unpaired) electrons. The predicted molar refractivity (Wildman–Crippen MR) is 144 cm³/mol. The number of aliphatic imine (C=N–C) groups is 1. The van der Waals surface area contributed by atoms with Crippen molar-refractivity contribution in [3.8, 4) is 0 Å². The number of guanidine groups is 1. The minimum Gasteiger partial charge on any atom is -0.444 e. The van der Waals surface area contributed by atoms with Crippen LogP contribution in [0.25, 0.3) is 0 Å². The van der Waals surface area contributed by atoms with Gasteiger partial charge in [0.1, 0.15) is 5.60 Å². The number of carbonyl (C=O) groups excluding carboxylic acids is 1. The van der Waals surface area contributed by atoms with Gasteiger partial charge in [-0.3, -0.25) is 4.90 Å². The van der Waals surface area contributed by atoms with Gasteiger partial charge in [-0.2, -0.15) is 0 Å². The first-order chi connectivity index (χ1) is 15.3. The Balaban J connectivity index is 0.00000544. The maximum atomic E-state index is 12.3. The molecule has 1 aromatic rings. The molecule has 33 heavy (non-hydrogen) atoms. The van der Waals surface area contributed by atoms with Crippen molar-refractivity contribution in [2.24, 2.45) is 4.99 Å². The molecule has 2 rings (SSSR count). The summed E-state index contributed by atoms with van der Waals surface area (Å²) in [5.41, 5.74) is 2.03. The van der Waals surface area contributed by atoms with Gasteiger partial charge in [0.05, 0.1) is 19.8 Å². The van der Waals surface area contributed by atoms with Gasteiger partial charge in [-0.15, -0.1) is 24.0 Å². The van der Waals surface area contributed by atoms with Crippen molar-refractivity contribution in [2.75, 3.05) is 52.5 Å². The van der Waals surface area contributed by atoms with E-state index in [1.54, 1.807) is 4.90 Å². The summed E-state index contributed by atoms with van der Waals surface area (Å²) in [5, 5.41) is 6.63. The van der Waals surface area contributed by atoms with Gasteiger partial charge >= 0.3 is 6.09 Å². The second-order valence-corrected chi connectivity index (χ2v) is 8.84. The lowest BCUT2D eigenvalue weighted by Gasteiger charge is -2.27. The number of nitrogens with one attached hydrogen (secondary N) is 2. The number of carbonyl (C=O) groups is 1. The zero-order valence-corrected chi connectivity index (χ0v) is 23.2. The summed E-state index contributed by atoms with van der Waals surface area (Å²) in [6.45, 7) is 17.2. The summed E-state index contributed by atoms with van der Waals surface area (Å²) in [7, 11) is 0. The van der Waals surface area contributed by atoms with Crippen LogP contribution in [0.15, 0.2) is 29.3 Å². The normalized spacial score (nSPS) is 14.9. The fourth-order valence-corrected chi connectivity index (χ4v) is 3.39. The van der Waals surface area contributed by atoms with E-state index in [0.29, 0.717) is 26.2 Å². The van der Waals surface area contributed by atoms with Crippen LogP contribution in [0.2, 0.25) is 0 Å². The number of ether oxygens (including phenoxy) is 2. The number of likely N-dealkylation sites (N-methyl/N-ethyl adjacent to an activating group) is 1. The van der Waals surface area contributed by atoms with Gasteiger partial charge in [-0.05, 0) is 45.7 Å². The molecule has 188 valence electrons. The van der Waals surface area contributed by atoms with Crippen molar-refractivity contribution < 1.29 is 14.3 Å². The highest BCUT2D eigenvalue weighted by atomic mass is 127. The minimum atomic E-state index is -0.497. The summed E-state index contributed by atoms with van der Waals surface area (Å²) in [6.07, 6.45) is -0.291. The van der Waals surface area contributed by atoms with Gasteiger partial charge < -0.3 is 25.0 Å². The number of benzene rings is 1. The van der Waals surface area contributed by atoms with Crippen LogP contribution in [0.3, 0.4) is 0 Å². The lowest BCUT2D eigenvalue weighted by molar-refractivity contribution is 0.0264. The third-order valence-electron chi connectivity index (χ3n) is 5.08. The monoisotopic (exact) mass is 575 g/mol. The molecule has 2 N–H and O–H groups in total. The average molecular weight is 576 g/mol. The Morgan fingerprint density at radius 3 is 2.42 bits per heavy atom. The molecule has 1 heterocycles. The van der Waals surface area contributed by atoms with Crippen molar-refractivity contribution in [2.45, 2.75) is 53.3 Å². The predicted octanol–water partition coefficient (Wildman–Crippen LogP) is 3.45. The topological polar surface area (TPSA) is 78.4 Å². The molecule has 0 saturated carbocycles. The van der Waals surface area contributed by atoms with E-state index >= 15 is 0 Å². The van der Waals surface area contributed by atoms with Crippen LogP contribution in [0, 0.1) is 0 Å². The SMILES string of the molecule is CCNC(=NCc1ccccc1CN1CCOCC1)NCCN(CC)C(=O)OC(C)(C)C.I. The smallest absolute Gasteiger partial charge is 0.410 e. The largest absolute Gasteiger partial charge is 0.444 e. The minimum absolute atomic E-state index is 0. The summed E-state index contributed by atoms with van der Waals surface area (Å²) < 4.78 is 10.9. The van der Waals surface area contributed by atoms with E-state index in [-0.39, 0.29) is 30.1 Å². The first-order valence-corrected chi connectivity index (χ1v) is 11.7. The van der Waals surface area contributed by atoms with Crippen molar-refractivity contribution in [3.63, 3.8) is 0 Å². The Labute approximate surface area is 216 Å². The number of amides is 1. The standard InChI is InChI=1S/C24H41N5O3.HI/c1-6-25-22(26-12-13-29(7-2)23(30)32-24(3,4)5)27-18-20-10-8-9-11-21(20)19-28-14-16-31-17-15-28;/h8-11H,6-7,12-19H2,1-5H3,(H2,25,26,27);1H. The van der Waals surface area contributed by atoms with Crippen LogP contribution >= 0.6 is 24.0 Å². The molecule has 0 spiro atoms. The molecule has 0 unspecified atom stereocenters. The highest BCUT2D eigenvalue weighted by Crippen LogP contribution is 2.14. The van der Waals surface area contributed by atoms with Crippen LogP contribution in [0.1, 0.15) is 45.7 Å². The van der Waals surface area contributed by atoms with E-state index in [1.165, 1.54) is 11.1 Å². The first-order valence-electron chi connectivity index (χ1n) is 11.7. The molecule has 1 aromatic carbocycles. The zero-order valence-electron chi connectivity index (χ0n) is 20.9. The quantitative estimate of drug-likeness (QED) is 0.267. The number of morpholine rings is 1. The van der Waals surface area contributed by atoms with Crippen LogP contribution in [-0.4, -0.2) is 79.9 Å². The molecule has 0 atom stereocenters. The van der Waals surface area contributed by atoms with Gasteiger partial charge in [0.2, 0.25) is 0 Å². The maximum Gasteiger partial charge on any atom is 0.410 e. The summed E-state index contributed by atoms with van der Waals surface area (Å²) >= 11 is 0. The van der Waals surface area contributed by atoms with Gasteiger partial charge in [0.25, 0.3) is 0 Å². The van der Waals surface area contributed by atoms with Crippen LogP contribution in [0.4, 0.5) is 4.79 Å². The molecule has 0 aromatic heterocycles. The number of rotatable bonds is 9. The van der Waals surface area contributed by atoms with Crippen LogP contribution < -0.4 is 10.6 Å². The lowest BCUT2D eigenvalue weighted by atomic mass is 10.1. The molecular weight excluding hydrogens is 533 g/mol. The molecule has 8 nitrogen and oxygen atoms in total. The van der Waals surface area contributed by atoms with Crippen molar-refractivity contribution in [1.29, 1.82) is 0 Å². The van der Waals surface area contributed by atoms with E-state index in [1.807, 2.05) is 34.6 Å². The molecule has 0 aliphatic carbocycles. The molecular formula is C24H42IN5O3. The van der Waals surface area contributed by atoms with E-state index in [9.17, 15) is 4.79 Å². The highest BCUT2D eigenvalue weighted by molar-refractivity contribution is 14.0. The van der Waals surface area contributed by atoms with Crippen molar-refractivity contribution in [1.82, 2.24) is 20.4 Å². The Kier molecular flexibility index (Phi) is 13.7. The van der Waals surface area contributed by atoms with Crippen molar-refractivity contribution in [3.05, 3.63) is 35.4 Å². The van der Waals surface area contributed by atoms with Crippen LogP contribution in [-0.2, 0) is 22.6 Å². The molecule has 0 bridgehead atoms. The average Bonchev–Trinajstić information content (AvgIpc) is 2.75. The molecule has 1 aliphatic rings. The molecule has 1 amide bonds. The van der Waals surface area contributed by atoms with E-state index in [0.717, 1.165) is 45.4 Å². The fraction of sp³-hybridized carbons (Fsp3) is 0.667. The summed E-state index contributed by atoms with van der Waals surface area (Å²) in [6, 6.07) is 8.47. The van der Waals surface area contributed by atoms with E-state index in [4.69, 9.17) is 14.5 Å². The van der Waals surface area contributed by atoms with E-state index < -0.39 is 5.60 Å². The third kappa shape index (κ3) is 11.4. The fourth-order valence-electron chi connectivity index (χ4n) is 3.39. The lowest BCUT2D eigenvalue weighted by Crippen LogP contribution is -2.44. The number of hydrogen-bond acceptors (Lipinski definition) is 5. The number of hydrogen-bond donors (Lipinski definition) is 2. The number of nitrogens with zero attached hydrogens (tertiary/aromatic N) is 3. The maximum absolute atomic E-state index is 12.3. The Morgan fingerprint density at radius 2 is 1.82 bits per heavy atom. The van der Waals surface area contributed by atoms with Gasteiger partial charge in [0.15, 0.2) is 5.96 Å². The van der Waals surface area contributed by atoms with Gasteiger partial charge in [-0.25, -0.2) is 9.79 Å². The van der Waals surface area contributed by atoms with Crippen molar-refractivity contribution >= 4 is 36.0 Å². The zero-order chi connectivity index (χ0) is 23.4. The molecule has 9 heteroatoms. The second kappa shape index (κ2) is 15.3. The summed E-state index contributed by atoms with van der Waals surface area (Å²) in [5.74, 6) is 0.744.